The molecule has 1 saturated heterocycles. The highest BCUT2D eigenvalue weighted by molar-refractivity contribution is 7.13. The summed E-state index contributed by atoms with van der Waals surface area (Å²) in [6, 6.07) is 3.54. The van der Waals surface area contributed by atoms with Crippen LogP contribution in [0.4, 0.5) is 5.69 Å². The molecule has 0 spiro atoms. The van der Waals surface area contributed by atoms with E-state index in [4.69, 9.17) is 4.74 Å². The van der Waals surface area contributed by atoms with Crippen molar-refractivity contribution in [2.45, 2.75) is 45.6 Å². The predicted molar refractivity (Wildman–Crippen MR) is 86.9 cm³/mol. The molecule has 0 aliphatic carbocycles. The number of nitro groups is 1. The third-order valence-electron chi connectivity index (χ3n) is 3.88. The Morgan fingerprint density at radius 1 is 1.38 bits per heavy atom. The lowest BCUT2D eigenvalue weighted by atomic mass is 9.87. The highest BCUT2D eigenvalue weighted by Crippen LogP contribution is 2.38. The first-order valence-corrected chi connectivity index (χ1v) is 7.85. The van der Waals surface area contributed by atoms with Gasteiger partial charge in [0.1, 0.15) is 0 Å². The predicted octanol–water partition coefficient (Wildman–Crippen LogP) is 3.66. The summed E-state index contributed by atoms with van der Waals surface area (Å²) in [5.41, 5.74) is 2.24. The van der Waals surface area contributed by atoms with Gasteiger partial charge in [-0.1, -0.05) is 9.39 Å². The van der Waals surface area contributed by atoms with Crippen LogP contribution < -0.4 is 4.74 Å². The first-order valence-electron chi connectivity index (χ1n) is 7.33. The summed E-state index contributed by atoms with van der Waals surface area (Å²) in [4.78, 5) is 10.8. The molecule has 5 nitrogen and oxygen atoms in total. The third kappa shape index (κ3) is 3.92. The zero-order valence-corrected chi connectivity index (χ0v) is 14.0. The molecule has 2 rings (SSSR count). The lowest BCUT2D eigenvalue weighted by molar-refractivity contribution is -0.386. The maximum atomic E-state index is 11.2. The molecule has 0 radical (unpaired) electrons. The van der Waals surface area contributed by atoms with Crippen LogP contribution in [-0.2, 0) is 0 Å². The summed E-state index contributed by atoms with van der Waals surface area (Å²) >= 11 is 0. The molecule has 1 atom stereocenters. The van der Waals surface area contributed by atoms with Crippen LogP contribution in [0.15, 0.2) is 12.1 Å². The topological polar surface area (TPSA) is 55.6 Å². The zero-order valence-electron chi connectivity index (χ0n) is 12.8. The van der Waals surface area contributed by atoms with Gasteiger partial charge < -0.3 is 4.74 Å². The normalized spacial score (nSPS) is 17.2. The number of benzene rings is 1. The van der Waals surface area contributed by atoms with Gasteiger partial charge in [-0.25, -0.2) is 0 Å². The quantitative estimate of drug-likeness (QED) is 0.484. The molecular formula is C15H23N2O3P. The van der Waals surface area contributed by atoms with E-state index in [2.05, 4.69) is 14.1 Å². The molecule has 1 unspecified atom stereocenters. The fourth-order valence-corrected chi connectivity index (χ4v) is 3.13. The van der Waals surface area contributed by atoms with E-state index in [0.717, 1.165) is 31.5 Å². The van der Waals surface area contributed by atoms with E-state index in [1.807, 2.05) is 26.8 Å². The number of rotatable bonds is 4. The van der Waals surface area contributed by atoms with E-state index in [-0.39, 0.29) is 16.7 Å². The van der Waals surface area contributed by atoms with Crippen molar-refractivity contribution in [3.63, 3.8) is 0 Å². The van der Waals surface area contributed by atoms with Crippen LogP contribution >= 0.6 is 9.39 Å². The molecule has 0 bridgehead atoms. The average molecular weight is 310 g/mol. The lowest BCUT2D eigenvalue weighted by Gasteiger charge is -2.30. The number of hydrogen-bond donors (Lipinski definition) is 0. The lowest BCUT2D eigenvalue weighted by Crippen LogP contribution is -2.25. The minimum atomic E-state index is -0.361. The van der Waals surface area contributed by atoms with E-state index in [1.165, 1.54) is 5.56 Å². The first kappa shape index (κ1) is 16.2. The second kappa shape index (κ2) is 6.71. The first-order chi connectivity index (χ1) is 9.88. The van der Waals surface area contributed by atoms with Crippen molar-refractivity contribution in [1.29, 1.82) is 0 Å². The number of hydrogen-bond acceptors (Lipinski definition) is 4. The SMILES string of the molecule is Cc1cc([N+](=O)[O-])c(OC(C)C)cc1C1CCN(P)CC1. The van der Waals surface area contributed by atoms with Gasteiger partial charge in [0, 0.05) is 19.2 Å². The number of ether oxygens (including phenoxy) is 1. The van der Waals surface area contributed by atoms with Crippen molar-refractivity contribution in [2.24, 2.45) is 0 Å². The maximum Gasteiger partial charge on any atom is 0.311 e. The molecule has 116 valence electrons. The smallest absolute Gasteiger partial charge is 0.311 e. The molecule has 0 saturated carbocycles. The van der Waals surface area contributed by atoms with Crippen molar-refractivity contribution in [1.82, 2.24) is 4.67 Å². The maximum absolute atomic E-state index is 11.2. The van der Waals surface area contributed by atoms with Crippen molar-refractivity contribution in [2.75, 3.05) is 13.1 Å². The number of aryl methyl sites for hydroxylation is 1. The average Bonchev–Trinajstić information content (AvgIpc) is 2.40. The van der Waals surface area contributed by atoms with Crippen molar-refractivity contribution in [3.8, 4) is 5.75 Å². The van der Waals surface area contributed by atoms with Gasteiger partial charge in [0.25, 0.3) is 0 Å². The summed E-state index contributed by atoms with van der Waals surface area (Å²) in [6.07, 6.45) is 2.07. The van der Waals surface area contributed by atoms with Crippen LogP contribution in [0.1, 0.15) is 43.7 Å². The molecule has 6 heteroatoms. The number of nitro benzene ring substituents is 1. The summed E-state index contributed by atoms with van der Waals surface area (Å²) in [5.74, 6) is 0.848. The van der Waals surface area contributed by atoms with Gasteiger partial charge in [-0.3, -0.25) is 14.8 Å². The van der Waals surface area contributed by atoms with Crippen LogP contribution in [-0.4, -0.2) is 28.8 Å². The minimum absolute atomic E-state index is 0.0634. The van der Waals surface area contributed by atoms with E-state index >= 15 is 0 Å². The molecule has 1 aliphatic heterocycles. The van der Waals surface area contributed by atoms with E-state index in [1.54, 1.807) is 6.07 Å². The van der Waals surface area contributed by atoms with E-state index in [9.17, 15) is 10.1 Å². The van der Waals surface area contributed by atoms with Crippen LogP contribution in [0.25, 0.3) is 0 Å². The fraction of sp³-hybridized carbons (Fsp3) is 0.600. The van der Waals surface area contributed by atoms with Crippen LogP contribution in [0.3, 0.4) is 0 Å². The highest BCUT2D eigenvalue weighted by Gasteiger charge is 2.25. The number of piperidine rings is 1. The van der Waals surface area contributed by atoms with Crippen LogP contribution in [0, 0.1) is 17.0 Å². The van der Waals surface area contributed by atoms with Gasteiger partial charge in [-0.2, -0.15) is 0 Å². The monoisotopic (exact) mass is 310 g/mol. The second-order valence-electron chi connectivity index (χ2n) is 5.91. The van der Waals surface area contributed by atoms with Crippen molar-refractivity contribution < 1.29 is 9.66 Å². The molecule has 1 heterocycles. The van der Waals surface area contributed by atoms with Gasteiger partial charge >= 0.3 is 5.69 Å². The fourth-order valence-electron chi connectivity index (χ4n) is 2.83. The standard InChI is InChI=1S/C15H23N2O3P/c1-10(2)20-15-9-13(11(3)8-14(15)17(18)19)12-4-6-16(21)7-5-12/h8-10,12H,4-7,21H2,1-3H3. The molecule has 1 aromatic carbocycles. The molecule has 1 aliphatic rings. The van der Waals surface area contributed by atoms with Gasteiger partial charge in [0.2, 0.25) is 0 Å². The zero-order chi connectivity index (χ0) is 15.6. The minimum Gasteiger partial charge on any atom is -0.484 e. The van der Waals surface area contributed by atoms with E-state index < -0.39 is 0 Å². The van der Waals surface area contributed by atoms with Gasteiger partial charge in [-0.15, -0.1) is 0 Å². The van der Waals surface area contributed by atoms with Crippen molar-refractivity contribution in [3.05, 3.63) is 33.4 Å². The van der Waals surface area contributed by atoms with Gasteiger partial charge in [0.05, 0.1) is 11.0 Å². The highest BCUT2D eigenvalue weighted by atomic mass is 31.0. The largest absolute Gasteiger partial charge is 0.484 e. The molecule has 0 aromatic heterocycles. The van der Waals surface area contributed by atoms with Gasteiger partial charge in [0.15, 0.2) is 5.75 Å². The summed E-state index contributed by atoms with van der Waals surface area (Å²) < 4.78 is 7.90. The Balaban J connectivity index is 2.35. The Bertz CT molecular complexity index is 526. The Labute approximate surface area is 128 Å². The Kier molecular flexibility index (Phi) is 5.17. The van der Waals surface area contributed by atoms with Crippen molar-refractivity contribution >= 4 is 15.1 Å². The third-order valence-corrected chi connectivity index (χ3v) is 4.39. The Morgan fingerprint density at radius 3 is 2.52 bits per heavy atom. The Hall–Kier alpha value is -1.19. The molecule has 0 amide bonds. The van der Waals surface area contributed by atoms with Gasteiger partial charge in [-0.05, 0) is 56.7 Å². The molecule has 0 N–H and O–H groups in total. The molecule has 1 aromatic rings. The second-order valence-corrected chi connectivity index (χ2v) is 6.64. The van der Waals surface area contributed by atoms with Crippen LogP contribution in [0.2, 0.25) is 0 Å². The summed E-state index contributed by atoms with van der Waals surface area (Å²) in [7, 11) is 2.74. The molecule has 1 fully saturated rings. The molecular weight excluding hydrogens is 287 g/mol. The van der Waals surface area contributed by atoms with Crippen LogP contribution in [0.5, 0.6) is 5.75 Å². The van der Waals surface area contributed by atoms with E-state index in [0.29, 0.717) is 11.7 Å². The summed E-state index contributed by atoms with van der Waals surface area (Å²) in [6.45, 7) is 7.79. The summed E-state index contributed by atoms with van der Waals surface area (Å²) in [5, 5.41) is 11.2. The number of nitrogens with zero attached hydrogens (tertiary/aromatic N) is 2. The molecule has 21 heavy (non-hydrogen) atoms. The Morgan fingerprint density at radius 2 is 2.00 bits per heavy atom.